The monoisotopic (exact) mass is 217 g/mol. The standard InChI is InChI=1S/C11H23NO3/c1-2-3-4-5-6-7-8-9-10-11(13)12(14)15/h11,13H,2-10H2,1H3. The van der Waals surface area contributed by atoms with Gasteiger partial charge in [-0.1, -0.05) is 51.9 Å². The molecule has 0 aliphatic heterocycles. The molecule has 0 heterocycles. The van der Waals surface area contributed by atoms with Gasteiger partial charge >= 0.3 is 6.23 Å². The van der Waals surface area contributed by atoms with Gasteiger partial charge in [0.05, 0.1) is 4.92 Å². The molecule has 0 bridgehead atoms. The van der Waals surface area contributed by atoms with Gasteiger partial charge in [-0.2, -0.15) is 0 Å². The predicted molar refractivity (Wildman–Crippen MR) is 60.2 cm³/mol. The average Bonchev–Trinajstić information content (AvgIpc) is 2.21. The second-order valence-corrected chi connectivity index (χ2v) is 4.03. The van der Waals surface area contributed by atoms with Gasteiger partial charge in [0, 0.05) is 6.42 Å². The molecular formula is C11H23NO3. The first-order chi connectivity index (χ1) is 7.18. The average molecular weight is 217 g/mol. The van der Waals surface area contributed by atoms with Crippen LogP contribution in [0.1, 0.15) is 64.7 Å². The Morgan fingerprint density at radius 1 is 1.07 bits per heavy atom. The van der Waals surface area contributed by atoms with Crippen molar-refractivity contribution in [2.45, 2.75) is 70.9 Å². The fourth-order valence-electron chi connectivity index (χ4n) is 1.57. The fourth-order valence-corrected chi connectivity index (χ4v) is 1.57. The third kappa shape index (κ3) is 9.66. The highest BCUT2D eigenvalue weighted by Gasteiger charge is 2.13. The molecule has 1 unspecified atom stereocenters. The van der Waals surface area contributed by atoms with Crippen LogP contribution < -0.4 is 0 Å². The Labute approximate surface area is 91.8 Å². The van der Waals surface area contributed by atoms with E-state index in [0.29, 0.717) is 6.42 Å². The lowest BCUT2D eigenvalue weighted by molar-refractivity contribution is -0.571. The first-order valence-corrected chi connectivity index (χ1v) is 6.00. The van der Waals surface area contributed by atoms with Crippen LogP contribution in [0.5, 0.6) is 0 Å². The highest BCUT2D eigenvalue weighted by Crippen LogP contribution is 2.10. The van der Waals surface area contributed by atoms with E-state index in [1.165, 1.54) is 32.1 Å². The lowest BCUT2D eigenvalue weighted by Crippen LogP contribution is -2.17. The van der Waals surface area contributed by atoms with Gasteiger partial charge in [-0.05, 0) is 6.42 Å². The summed E-state index contributed by atoms with van der Waals surface area (Å²) in [6, 6.07) is 0. The molecule has 4 heteroatoms. The zero-order valence-corrected chi connectivity index (χ0v) is 9.65. The Bertz CT molecular complexity index is 162. The molecule has 90 valence electrons. The summed E-state index contributed by atoms with van der Waals surface area (Å²) >= 11 is 0. The van der Waals surface area contributed by atoms with Crippen LogP contribution in [0.25, 0.3) is 0 Å². The SMILES string of the molecule is CCCCCCCCCCC(O)[N+](=O)[O-]. The largest absolute Gasteiger partial charge is 0.333 e. The van der Waals surface area contributed by atoms with E-state index < -0.39 is 11.2 Å². The number of aliphatic hydroxyl groups excluding tert-OH is 1. The van der Waals surface area contributed by atoms with Crippen LogP contribution in [0.4, 0.5) is 0 Å². The lowest BCUT2D eigenvalue weighted by Gasteiger charge is -2.02. The van der Waals surface area contributed by atoms with Crippen LogP contribution in [0, 0.1) is 10.1 Å². The van der Waals surface area contributed by atoms with Crippen molar-refractivity contribution in [1.29, 1.82) is 0 Å². The summed E-state index contributed by atoms with van der Waals surface area (Å²) in [6.07, 6.45) is 8.18. The van der Waals surface area contributed by atoms with Crippen LogP contribution in [0.3, 0.4) is 0 Å². The molecule has 0 aliphatic rings. The van der Waals surface area contributed by atoms with Crippen molar-refractivity contribution in [2.24, 2.45) is 0 Å². The predicted octanol–water partition coefficient (Wildman–Crippen LogP) is 3.11. The Morgan fingerprint density at radius 3 is 2.00 bits per heavy atom. The van der Waals surface area contributed by atoms with Crippen molar-refractivity contribution < 1.29 is 10.0 Å². The molecule has 1 atom stereocenters. The summed E-state index contributed by atoms with van der Waals surface area (Å²) in [5, 5.41) is 19.0. The van der Waals surface area contributed by atoms with Gasteiger partial charge < -0.3 is 5.11 Å². The molecule has 0 aromatic rings. The first kappa shape index (κ1) is 14.4. The number of aliphatic hydroxyl groups is 1. The Balaban J connectivity index is 3.08. The summed E-state index contributed by atoms with van der Waals surface area (Å²) in [7, 11) is 0. The van der Waals surface area contributed by atoms with E-state index in [-0.39, 0.29) is 0 Å². The van der Waals surface area contributed by atoms with Crippen molar-refractivity contribution in [3.8, 4) is 0 Å². The van der Waals surface area contributed by atoms with Crippen molar-refractivity contribution >= 4 is 0 Å². The summed E-state index contributed by atoms with van der Waals surface area (Å²) in [5.74, 6) is 0. The van der Waals surface area contributed by atoms with E-state index in [1.807, 2.05) is 0 Å². The van der Waals surface area contributed by atoms with E-state index in [0.717, 1.165) is 19.3 Å². The highest BCUT2D eigenvalue weighted by molar-refractivity contribution is 4.47. The minimum Gasteiger partial charge on any atom is -0.333 e. The van der Waals surface area contributed by atoms with Crippen molar-refractivity contribution in [2.75, 3.05) is 0 Å². The van der Waals surface area contributed by atoms with Gasteiger partial charge in [-0.15, -0.1) is 0 Å². The van der Waals surface area contributed by atoms with Gasteiger partial charge in [-0.25, -0.2) is 0 Å². The van der Waals surface area contributed by atoms with E-state index >= 15 is 0 Å². The minimum absolute atomic E-state index is 0.294. The molecule has 0 saturated heterocycles. The molecule has 0 aromatic carbocycles. The van der Waals surface area contributed by atoms with E-state index in [4.69, 9.17) is 5.11 Å². The smallest absolute Gasteiger partial charge is 0.312 e. The summed E-state index contributed by atoms with van der Waals surface area (Å²) in [4.78, 5) is 9.47. The highest BCUT2D eigenvalue weighted by atomic mass is 16.7. The van der Waals surface area contributed by atoms with Gasteiger partial charge in [0.15, 0.2) is 0 Å². The maximum atomic E-state index is 10.1. The molecule has 0 fully saturated rings. The van der Waals surface area contributed by atoms with Crippen LogP contribution in [-0.2, 0) is 0 Å². The third-order valence-corrected chi connectivity index (χ3v) is 2.56. The molecule has 0 radical (unpaired) electrons. The van der Waals surface area contributed by atoms with Crippen LogP contribution in [0.2, 0.25) is 0 Å². The van der Waals surface area contributed by atoms with E-state index in [2.05, 4.69) is 6.92 Å². The number of unbranched alkanes of at least 4 members (excludes halogenated alkanes) is 7. The summed E-state index contributed by atoms with van der Waals surface area (Å²) in [6.45, 7) is 2.19. The molecule has 0 saturated carbocycles. The quantitative estimate of drug-likeness (QED) is 0.265. The van der Waals surface area contributed by atoms with Gasteiger partial charge in [0.25, 0.3) is 0 Å². The lowest BCUT2D eigenvalue weighted by atomic mass is 10.1. The maximum absolute atomic E-state index is 10.1. The Kier molecular flexibility index (Phi) is 9.48. The minimum atomic E-state index is -1.36. The van der Waals surface area contributed by atoms with Crippen LogP contribution in [0.15, 0.2) is 0 Å². The second kappa shape index (κ2) is 9.90. The Hall–Kier alpha value is -0.640. The molecule has 0 amide bonds. The summed E-state index contributed by atoms with van der Waals surface area (Å²) < 4.78 is 0. The van der Waals surface area contributed by atoms with E-state index in [1.54, 1.807) is 0 Å². The maximum Gasteiger partial charge on any atom is 0.312 e. The molecule has 0 rings (SSSR count). The molecular weight excluding hydrogens is 194 g/mol. The Morgan fingerprint density at radius 2 is 1.53 bits per heavy atom. The summed E-state index contributed by atoms with van der Waals surface area (Å²) in [5.41, 5.74) is 0. The fraction of sp³-hybridized carbons (Fsp3) is 1.00. The van der Waals surface area contributed by atoms with Gasteiger partial charge in [-0.3, -0.25) is 10.1 Å². The van der Waals surface area contributed by atoms with Gasteiger partial charge in [0.2, 0.25) is 0 Å². The van der Waals surface area contributed by atoms with Crippen molar-refractivity contribution in [1.82, 2.24) is 0 Å². The molecule has 1 N–H and O–H groups in total. The topological polar surface area (TPSA) is 63.4 Å². The normalized spacial score (nSPS) is 12.7. The van der Waals surface area contributed by atoms with E-state index in [9.17, 15) is 10.1 Å². The molecule has 0 aromatic heterocycles. The van der Waals surface area contributed by atoms with Crippen LogP contribution in [-0.4, -0.2) is 16.3 Å². The number of hydrogen-bond donors (Lipinski definition) is 1. The van der Waals surface area contributed by atoms with Crippen LogP contribution >= 0.6 is 0 Å². The third-order valence-electron chi connectivity index (χ3n) is 2.56. The molecule has 15 heavy (non-hydrogen) atoms. The molecule has 0 aliphatic carbocycles. The zero-order chi connectivity index (χ0) is 11.5. The first-order valence-electron chi connectivity index (χ1n) is 6.00. The molecule has 0 spiro atoms. The van der Waals surface area contributed by atoms with Crippen molar-refractivity contribution in [3.05, 3.63) is 10.1 Å². The number of rotatable bonds is 10. The number of nitro groups is 1. The number of nitrogens with zero attached hydrogens (tertiary/aromatic N) is 1. The second-order valence-electron chi connectivity index (χ2n) is 4.03. The number of hydrogen-bond acceptors (Lipinski definition) is 3. The molecule has 4 nitrogen and oxygen atoms in total. The van der Waals surface area contributed by atoms with Crippen molar-refractivity contribution in [3.63, 3.8) is 0 Å². The zero-order valence-electron chi connectivity index (χ0n) is 9.65. The van der Waals surface area contributed by atoms with Gasteiger partial charge in [0.1, 0.15) is 0 Å².